The van der Waals surface area contributed by atoms with Gasteiger partial charge in [0.2, 0.25) is 0 Å². The van der Waals surface area contributed by atoms with Gasteiger partial charge in [-0.15, -0.1) is 0 Å². The van der Waals surface area contributed by atoms with E-state index in [4.69, 9.17) is 11.6 Å². The normalized spacial score (nSPS) is 11.1. The number of pyridine rings is 2. The molecule has 2 aromatic rings. The first-order valence-corrected chi connectivity index (χ1v) is 8.22. The molecule has 6 nitrogen and oxygen atoms in total. The highest BCUT2D eigenvalue weighted by Crippen LogP contribution is 2.21. The second-order valence-corrected chi connectivity index (χ2v) is 6.33. The third-order valence-electron chi connectivity index (χ3n) is 2.57. The van der Waals surface area contributed by atoms with Gasteiger partial charge in [0.15, 0.2) is 0 Å². The fraction of sp³-hybridized carbons (Fsp3) is 0.231. The van der Waals surface area contributed by atoms with Crippen molar-refractivity contribution in [1.29, 1.82) is 0 Å². The maximum Gasteiger partial charge on any atom is 0.266 e. The van der Waals surface area contributed by atoms with Gasteiger partial charge in [0.1, 0.15) is 16.5 Å². The summed E-state index contributed by atoms with van der Waals surface area (Å²) in [5.41, 5.74) is 0. The van der Waals surface area contributed by atoms with E-state index in [0.717, 1.165) is 6.42 Å². The molecule has 0 unspecified atom stereocenters. The summed E-state index contributed by atoms with van der Waals surface area (Å²) in [5, 5.41) is 3.43. The number of nitrogens with one attached hydrogen (secondary N) is 2. The summed E-state index contributed by atoms with van der Waals surface area (Å²) in [4.78, 5) is 8.06. The van der Waals surface area contributed by atoms with E-state index in [0.29, 0.717) is 17.4 Å². The third kappa shape index (κ3) is 4.05. The predicted octanol–water partition coefficient (Wildman–Crippen LogP) is 2.75. The van der Waals surface area contributed by atoms with Crippen molar-refractivity contribution in [3.05, 3.63) is 41.7 Å². The SMILES string of the molecule is CCCNc1ncccc1S(=O)(=O)Nc1ccc(Cl)cn1. The van der Waals surface area contributed by atoms with Crippen LogP contribution in [0.25, 0.3) is 0 Å². The Morgan fingerprint density at radius 3 is 2.71 bits per heavy atom. The van der Waals surface area contributed by atoms with Gasteiger partial charge in [0.05, 0.1) is 5.02 Å². The molecule has 2 N–H and O–H groups in total. The van der Waals surface area contributed by atoms with Gasteiger partial charge >= 0.3 is 0 Å². The van der Waals surface area contributed by atoms with E-state index in [9.17, 15) is 8.42 Å². The second-order valence-electron chi connectivity index (χ2n) is 4.24. The molecule has 8 heteroatoms. The smallest absolute Gasteiger partial charge is 0.266 e. The predicted molar refractivity (Wildman–Crippen MR) is 83.1 cm³/mol. The lowest BCUT2D eigenvalue weighted by atomic mass is 10.4. The molecule has 112 valence electrons. The Bertz CT molecular complexity index is 704. The zero-order valence-electron chi connectivity index (χ0n) is 11.4. The number of halogens is 1. The number of nitrogens with zero attached hydrogens (tertiary/aromatic N) is 2. The summed E-state index contributed by atoms with van der Waals surface area (Å²) in [6.45, 7) is 2.62. The van der Waals surface area contributed by atoms with Crippen molar-refractivity contribution >= 4 is 33.3 Å². The van der Waals surface area contributed by atoms with E-state index < -0.39 is 10.0 Å². The first kappa shape index (κ1) is 15.5. The van der Waals surface area contributed by atoms with Crippen molar-refractivity contribution < 1.29 is 8.42 Å². The molecular weight excluding hydrogens is 312 g/mol. The molecule has 0 aliphatic rings. The summed E-state index contributed by atoms with van der Waals surface area (Å²) in [6, 6.07) is 6.12. The summed E-state index contributed by atoms with van der Waals surface area (Å²) >= 11 is 5.72. The van der Waals surface area contributed by atoms with E-state index in [-0.39, 0.29) is 10.7 Å². The number of hydrogen-bond donors (Lipinski definition) is 2. The van der Waals surface area contributed by atoms with Crippen LogP contribution in [0.5, 0.6) is 0 Å². The fourth-order valence-corrected chi connectivity index (χ4v) is 2.87. The van der Waals surface area contributed by atoms with E-state index in [1.54, 1.807) is 12.1 Å². The van der Waals surface area contributed by atoms with Gasteiger partial charge in [-0.1, -0.05) is 18.5 Å². The Labute approximate surface area is 128 Å². The molecule has 21 heavy (non-hydrogen) atoms. The van der Waals surface area contributed by atoms with Crippen LogP contribution in [0.2, 0.25) is 5.02 Å². The molecule has 0 bridgehead atoms. The second kappa shape index (κ2) is 6.73. The Balaban J connectivity index is 2.29. The van der Waals surface area contributed by atoms with E-state index in [1.807, 2.05) is 6.92 Å². The summed E-state index contributed by atoms with van der Waals surface area (Å²) in [7, 11) is -3.77. The first-order valence-electron chi connectivity index (χ1n) is 6.36. The van der Waals surface area contributed by atoms with Crippen LogP contribution >= 0.6 is 11.6 Å². The highest BCUT2D eigenvalue weighted by Gasteiger charge is 2.19. The number of rotatable bonds is 6. The van der Waals surface area contributed by atoms with Crippen LogP contribution < -0.4 is 10.0 Å². The van der Waals surface area contributed by atoms with E-state index >= 15 is 0 Å². The molecule has 0 radical (unpaired) electrons. The van der Waals surface area contributed by atoms with Crippen LogP contribution in [0.4, 0.5) is 11.6 Å². The van der Waals surface area contributed by atoms with Crippen molar-refractivity contribution in [1.82, 2.24) is 9.97 Å². The topological polar surface area (TPSA) is 84.0 Å². The molecule has 2 aromatic heterocycles. The number of anilines is 2. The fourth-order valence-electron chi connectivity index (χ4n) is 1.61. The largest absolute Gasteiger partial charge is 0.369 e. The van der Waals surface area contributed by atoms with Crippen LogP contribution in [0.15, 0.2) is 41.6 Å². The zero-order valence-corrected chi connectivity index (χ0v) is 12.9. The van der Waals surface area contributed by atoms with Crippen molar-refractivity contribution in [3.8, 4) is 0 Å². The van der Waals surface area contributed by atoms with Crippen molar-refractivity contribution in [2.75, 3.05) is 16.6 Å². The van der Waals surface area contributed by atoms with Crippen LogP contribution in [-0.4, -0.2) is 24.9 Å². The monoisotopic (exact) mass is 326 g/mol. The van der Waals surface area contributed by atoms with E-state index in [1.165, 1.54) is 24.5 Å². The van der Waals surface area contributed by atoms with Gasteiger partial charge in [-0.2, -0.15) is 0 Å². The number of sulfonamides is 1. The Hall–Kier alpha value is -1.86. The molecule has 0 saturated carbocycles. The molecule has 2 rings (SSSR count). The minimum Gasteiger partial charge on any atom is -0.369 e. The molecule has 0 aromatic carbocycles. The molecule has 0 spiro atoms. The average molecular weight is 327 g/mol. The minimum absolute atomic E-state index is 0.0789. The first-order chi connectivity index (χ1) is 10.0. The van der Waals surface area contributed by atoms with Gasteiger partial charge < -0.3 is 5.32 Å². The quantitative estimate of drug-likeness (QED) is 0.852. The van der Waals surface area contributed by atoms with Crippen molar-refractivity contribution in [2.24, 2.45) is 0 Å². The molecule has 0 atom stereocenters. The van der Waals surface area contributed by atoms with Crippen LogP contribution in [-0.2, 0) is 10.0 Å². The van der Waals surface area contributed by atoms with Crippen molar-refractivity contribution in [2.45, 2.75) is 18.2 Å². The van der Waals surface area contributed by atoms with Crippen LogP contribution in [0.3, 0.4) is 0 Å². The summed E-state index contributed by atoms with van der Waals surface area (Å²) in [6.07, 6.45) is 3.78. The van der Waals surface area contributed by atoms with Crippen LogP contribution in [0.1, 0.15) is 13.3 Å². The Morgan fingerprint density at radius 2 is 2.05 bits per heavy atom. The van der Waals surface area contributed by atoms with Gasteiger partial charge in [0.25, 0.3) is 10.0 Å². The highest BCUT2D eigenvalue weighted by molar-refractivity contribution is 7.92. The zero-order chi connectivity index (χ0) is 15.3. The highest BCUT2D eigenvalue weighted by atomic mass is 35.5. The molecule has 0 amide bonds. The molecular formula is C13H15ClN4O2S. The molecule has 2 heterocycles. The summed E-state index contributed by atoms with van der Waals surface area (Å²) < 4.78 is 27.2. The number of aromatic nitrogens is 2. The van der Waals surface area contributed by atoms with Gasteiger partial charge in [-0.05, 0) is 30.7 Å². The lowest BCUT2D eigenvalue weighted by Crippen LogP contribution is -2.17. The summed E-state index contributed by atoms with van der Waals surface area (Å²) in [5.74, 6) is 0.519. The van der Waals surface area contributed by atoms with Gasteiger partial charge in [-0.3, -0.25) is 4.72 Å². The standard InChI is InChI=1S/C13H15ClN4O2S/c1-2-7-15-13-11(4-3-8-16-13)21(19,20)18-12-6-5-10(14)9-17-12/h3-6,8-9H,2,7H2,1H3,(H,15,16)(H,17,18). The maximum atomic E-state index is 12.4. The Morgan fingerprint density at radius 1 is 1.24 bits per heavy atom. The number of hydrogen-bond acceptors (Lipinski definition) is 5. The van der Waals surface area contributed by atoms with Gasteiger partial charge in [0, 0.05) is 18.9 Å². The third-order valence-corrected chi connectivity index (χ3v) is 4.18. The lowest BCUT2D eigenvalue weighted by molar-refractivity contribution is 0.601. The minimum atomic E-state index is -3.77. The average Bonchev–Trinajstić information content (AvgIpc) is 2.47. The van der Waals surface area contributed by atoms with E-state index in [2.05, 4.69) is 20.0 Å². The molecule has 0 fully saturated rings. The molecule has 0 aliphatic heterocycles. The van der Waals surface area contributed by atoms with Gasteiger partial charge in [-0.25, -0.2) is 18.4 Å². The maximum absolute atomic E-state index is 12.4. The molecule has 0 aliphatic carbocycles. The van der Waals surface area contributed by atoms with Crippen molar-refractivity contribution in [3.63, 3.8) is 0 Å². The lowest BCUT2D eigenvalue weighted by Gasteiger charge is -2.12. The molecule has 0 saturated heterocycles. The van der Waals surface area contributed by atoms with Crippen LogP contribution in [0, 0.1) is 0 Å². The Kier molecular flexibility index (Phi) is 4.98.